The average molecular weight is 674 g/mol. The molecule has 0 spiro atoms. The third-order valence-electron chi connectivity index (χ3n) is 8.57. The first kappa shape index (κ1) is 40.6. The minimum atomic E-state index is -1.40. The molecular formula is C35H59N7O6. The van der Waals surface area contributed by atoms with Gasteiger partial charge in [0.25, 0.3) is 11.8 Å². The Morgan fingerprint density at radius 1 is 0.958 bits per heavy atom. The smallest absolute Gasteiger partial charge is 0.271 e. The predicted octanol–water partition coefficient (Wildman–Crippen LogP) is 2.88. The number of aromatic nitrogens is 2. The average Bonchev–Trinajstić information content (AvgIpc) is 3.77. The summed E-state index contributed by atoms with van der Waals surface area (Å²) in [7, 11) is 0. The Balaban J connectivity index is 0.00000149. The van der Waals surface area contributed by atoms with Crippen LogP contribution in [0.4, 0.5) is 0 Å². The van der Waals surface area contributed by atoms with Gasteiger partial charge in [-0.2, -0.15) is 0 Å². The molecule has 48 heavy (non-hydrogen) atoms. The largest absolute Gasteiger partial charge is 0.381 e. The molecule has 5 amide bonds. The standard InChI is InChI=1S/C30H47N7O6.C5H12/c1-6-8-18-12-15-37(23(18)27(41)35-20(9-7-2)24(39)28(42)34-19-10-11-19)29(43)25(30(3,4)5)36-22(38)17-33-26(40)21-16-31-13-14-32-21;1-3-5-4-2/h13-14,16,18-20,23-25,39H,6-12,15,17H2,1-5H3,(H,33,40)(H,34,42)(H,35,41)(H,36,38);3-5H2,1-2H3/t18-,20?,23-,24?,25?;/m0./s1. The lowest BCUT2D eigenvalue weighted by Crippen LogP contribution is -2.61. The quantitative estimate of drug-likeness (QED) is 0.178. The monoisotopic (exact) mass is 673 g/mol. The highest BCUT2D eigenvalue weighted by Crippen LogP contribution is 2.32. The SMILES string of the molecule is CCCC(NC(=O)[C@@H]1[C@@H](CCC)CCN1C(=O)C(NC(=O)CNC(=O)c1cnccn1)C(C)(C)C)C(O)C(=O)NC1CC1.CCCCC. The number of nitrogens with one attached hydrogen (secondary N) is 4. The van der Waals surface area contributed by atoms with E-state index in [9.17, 15) is 29.1 Å². The van der Waals surface area contributed by atoms with E-state index in [4.69, 9.17) is 0 Å². The van der Waals surface area contributed by atoms with Gasteiger partial charge in [0, 0.05) is 25.0 Å². The highest BCUT2D eigenvalue weighted by molar-refractivity contribution is 5.96. The third-order valence-corrected chi connectivity index (χ3v) is 8.57. The van der Waals surface area contributed by atoms with E-state index in [0.717, 1.165) is 19.3 Å². The molecule has 1 saturated heterocycles. The molecule has 0 radical (unpaired) electrons. The van der Waals surface area contributed by atoms with E-state index in [2.05, 4.69) is 45.1 Å². The maximum atomic E-state index is 14.0. The number of unbranched alkanes of at least 4 members (excludes halogenated alkanes) is 2. The first-order valence-corrected chi connectivity index (χ1v) is 17.7. The lowest BCUT2D eigenvalue weighted by atomic mass is 9.85. The van der Waals surface area contributed by atoms with Gasteiger partial charge in [-0.25, -0.2) is 4.98 Å². The van der Waals surface area contributed by atoms with Gasteiger partial charge >= 0.3 is 0 Å². The zero-order valence-corrected chi connectivity index (χ0v) is 30.0. The summed E-state index contributed by atoms with van der Waals surface area (Å²) in [5.74, 6) is -2.59. The van der Waals surface area contributed by atoms with Crippen molar-refractivity contribution in [3.8, 4) is 0 Å². The van der Waals surface area contributed by atoms with Gasteiger partial charge in [0.05, 0.1) is 18.8 Å². The molecule has 3 unspecified atom stereocenters. The molecule has 2 heterocycles. The Labute approximate surface area is 286 Å². The van der Waals surface area contributed by atoms with Gasteiger partial charge in [-0.3, -0.25) is 29.0 Å². The summed E-state index contributed by atoms with van der Waals surface area (Å²) in [6, 6.07) is -2.52. The molecule has 13 nitrogen and oxygen atoms in total. The lowest BCUT2D eigenvalue weighted by Gasteiger charge is -2.37. The van der Waals surface area contributed by atoms with E-state index < -0.39 is 59.2 Å². The van der Waals surface area contributed by atoms with Gasteiger partial charge in [0.2, 0.25) is 17.7 Å². The van der Waals surface area contributed by atoms with Crippen LogP contribution in [0.2, 0.25) is 0 Å². The molecule has 1 aromatic rings. The number of aliphatic hydroxyl groups is 1. The summed E-state index contributed by atoms with van der Waals surface area (Å²) >= 11 is 0. The number of aliphatic hydroxyl groups excluding tert-OH is 1. The van der Waals surface area contributed by atoms with Crippen LogP contribution in [-0.4, -0.2) is 92.9 Å². The number of hydrogen-bond acceptors (Lipinski definition) is 8. The number of amides is 5. The van der Waals surface area contributed by atoms with Crippen LogP contribution in [0.3, 0.4) is 0 Å². The van der Waals surface area contributed by atoms with Gasteiger partial charge in [-0.05, 0) is 43.4 Å². The zero-order chi connectivity index (χ0) is 35.9. The van der Waals surface area contributed by atoms with Gasteiger partial charge in [0.1, 0.15) is 17.8 Å². The predicted molar refractivity (Wildman–Crippen MR) is 183 cm³/mol. The summed E-state index contributed by atoms with van der Waals surface area (Å²) in [6.07, 6.45) is 11.7. The van der Waals surface area contributed by atoms with E-state index >= 15 is 0 Å². The second-order valence-corrected chi connectivity index (χ2v) is 13.9. The van der Waals surface area contributed by atoms with Gasteiger partial charge in [0.15, 0.2) is 6.10 Å². The molecule has 0 aromatic carbocycles. The van der Waals surface area contributed by atoms with E-state index in [0.29, 0.717) is 32.2 Å². The highest BCUT2D eigenvalue weighted by Gasteiger charge is 2.46. The molecular weight excluding hydrogens is 614 g/mol. The molecule has 0 bridgehead atoms. The van der Waals surface area contributed by atoms with Crippen molar-refractivity contribution < 1.29 is 29.1 Å². The summed E-state index contributed by atoms with van der Waals surface area (Å²) < 4.78 is 0. The Kier molecular flexibility index (Phi) is 16.9. The topological polar surface area (TPSA) is 183 Å². The van der Waals surface area contributed by atoms with Crippen molar-refractivity contribution in [1.82, 2.24) is 36.1 Å². The highest BCUT2D eigenvalue weighted by atomic mass is 16.3. The normalized spacial score (nSPS) is 19.2. The Morgan fingerprint density at radius 3 is 2.17 bits per heavy atom. The van der Waals surface area contributed by atoms with E-state index in [1.54, 1.807) is 0 Å². The molecule has 1 aliphatic carbocycles. The van der Waals surface area contributed by atoms with Crippen LogP contribution in [0.25, 0.3) is 0 Å². The van der Waals surface area contributed by atoms with Crippen LogP contribution in [-0.2, 0) is 19.2 Å². The lowest BCUT2D eigenvalue weighted by molar-refractivity contribution is -0.145. The third kappa shape index (κ3) is 12.8. The zero-order valence-electron chi connectivity index (χ0n) is 30.0. The summed E-state index contributed by atoms with van der Waals surface area (Å²) in [5, 5.41) is 21.7. The van der Waals surface area contributed by atoms with Crippen LogP contribution in [0.5, 0.6) is 0 Å². The number of carbonyl (C=O) groups excluding carboxylic acids is 5. The minimum absolute atomic E-state index is 0.0585. The molecule has 270 valence electrons. The molecule has 13 heteroatoms. The van der Waals surface area contributed by atoms with E-state index in [-0.39, 0.29) is 24.2 Å². The summed E-state index contributed by atoms with van der Waals surface area (Å²) in [4.78, 5) is 74.9. The molecule has 3 rings (SSSR count). The van der Waals surface area contributed by atoms with Crippen molar-refractivity contribution in [3.63, 3.8) is 0 Å². The molecule has 2 fully saturated rings. The molecule has 5 N–H and O–H groups in total. The number of carbonyl (C=O) groups is 5. The van der Waals surface area contributed by atoms with Gasteiger partial charge < -0.3 is 31.3 Å². The molecule has 1 aromatic heterocycles. The fourth-order valence-corrected chi connectivity index (χ4v) is 5.76. The van der Waals surface area contributed by atoms with Crippen molar-refractivity contribution in [2.24, 2.45) is 11.3 Å². The number of nitrogens with zero attached hydrogens (tertiary/aromatic N) is 3. The van der Waals surface area contributed by atoms with Crippen LogP contribution in [0.1, 0.15) is 123 Å². The Hall–Kier alpha value is -3.61. The Morgan fingerprint density at radius 2 is 1.65 bits per heavy atom. The van der Waals surface area contributed by atoms with Crippen LogP contribution >= 0.6 is 0 Å². The van der Waals surface area contributed by atoms with Crippen molar-refractivity contribution in [3.05, 3.63) is 24.3 Å². The van der Waals surface area contributed by atoms with Crippen molar-refractivity contribution >= 4 is 29.5 Å². The second kappa shape index (κ2) is 20.0. The van der Waals surface area contributed by atoms with E-state index in [1.807, 2.05) is 34.6 Å². The minimum Gasteiger partial charge on any atom is -0.381 e. The number of likely N-dealkylation sites (tertiary alicyclic amines) is 1. The van der Waals surface area contributed by atoms with Crippen LogP contribution in [0, 0.1) is 11.3 Å². The second-order valence-electron chi connectivity index (χ2n) is 13.9. The first-order chi connectivity index (χ1) is 22.8. The number of rotatable bonds is 16. The van der Waals surface area contributed by atoms with Gasteiger partial charge in [-0.15, -0.1) is 0 Å². The van der Waals surface area contributed by atoms with Crippen molar-refractivity contribution in [2.45, 2.75) is 143 Å². The number of hydrogen-bond donors (Lipinski definition) is 5. The molecule has 1 saturated carbocycles. The van der Waals surface area contributed by atoms with Crippen LogP contribution < -0.4 is 21.3 Å². The fraction of sp³-hybridized carbons (Fsp3) is 0.743. The summed E-state index contributed by atoms with van der Waals surface area (Å²) in [6.45, 7) is 13.7. The van der Waals surface area contributed by atoms with Gasteiger partial charge in [-0.1, -0.05) is 80.6 Å². The maximum Gasteiger partial charge on any atom is 0.271 e. The maximum absolute atomic E-state index is 14.0. The Bertz CT molecular complexity index is 1190. The fourth-order valence-electron chi connectivity index (χ4n) is 5.76. The van der Waals surface area contributed by atoms with Crippen LogP contribution in [0.15, 0.2) is 18.6 Å². The molecule has 5 atom stereocenters. The van der Waals surface area contributed by atoms with Crippen molar-refractivity contribution in [2.75, 3.05) is 13.1 Å². The van der Waals surface area contributed by atoms with E-state index in [1.165, 1.54) is 42.8 Å². The molecule has 1 aliphatic heterocycles. The first-order valence-electron chi connectivity index (χ1n) is 17.7. The summed E-state index contributed by atoms with van der Waals surface area (Å²) in [5.41, 5.74) is -0.656. The molecule has 2 aliphatic rings. The van der Waals surface area contributed by atoms with Crippen molar-refractivity contribution in [1.29, 1.82) is 0 Å².